The predicted molar refractivity (Wildman–Crippen MR) is 80.2 cm³/mol. The Labute approximate surface area is 112 Å². The number of aryl methyl sites for hydroxylation is 2. The summed E-state index contributed by atoms with van der Waals surface area (Å²) in [7, 11) is 0. The molecule has 0 bridgehead atoms. The number of rotatable bonds is 1. The molecule has 0 saturated heterocycles. The molecule has 3 rings (SSSR count). The van der Waals surface area contributed by atoms with Gasteiger partial charge in [-0.1, -0.05) is 49.4 Å². The van der Waals surface area contributed by atoms with E-state index >= 15 is 0 Å². The van der Waals surface area contributed by atoms with E-state index in [0.29, 0.717) is 0 Å². The molecule has 3 aromatic rings. The van der Waals surface area contributed by atoms with E-state index in [4.69, 9.17) is 0 Å². The number of hydrogen-bond acceptors (Lipinski definition) is 2. The Hall–Kier alpha value is -1.67. The van der Waals surface area contributed by atoms with Gasteiger partial charge in [0.1, 0.15) is 0 Å². The molecular formula is C16H17NS. The number of para-hydroxylation sites is 1. The largest absolute Gasteiger partial charge is 0.242 e. The van der Waals surface area contributed by atoms with Gasteiger partial charge in [-0.05, 0) is 31.0 Å². The third-order valence-electron chi connectivity index (χ3n) is 2.65. The molecule has 0 N–H and O–H groups in total. The first kappa shape index (κ1) is 12.8. The quantitative estimate of drug-likeness (QED) is 0.605. The van der Waals surface area contributed by atoms with Gasteiger partial charge in [0.25, 0.3) is 0 Å². The number of hydrogen-bond donors (Lipinski definition) is 0. The highest BCUT2D eigenvalue weighted by Gasteiger charge is 1.95. The Morgan fingerprint density at radius 3 is 2.22 bits per heavy atom. The molecule has 0 aliphatic carbocycles. The van der Waals surface area contributed by atoms with Crippen LogP contribution in [0, 0.1) is 6.92 Å². The molecule has 0 unspecified atom stereocenters. The van der Waals surface area contributed by atoms with Crippen LogP contribution in [0.2, 0.25) is 0 Å². The van der Waals surface area contributed by atoms with Crippen molar-refractivity contribution in [3.63, 3.8) is 0 Å². The fourth-order valence-corrected chi connectivity index (χ4v) is 2.53. The second kappa shape index (κ2) is 6.31. The van der Waals surface area contributed by atoms with E-state index in [1.54, 1.807) is 11.3 Å². The van der Waals surface area contributed by atoms with Crippen LogP contribution in [0.3, 0.4) is 0 Å². The van der Waals surface area contributed by atoms with Gasteiger partial charge < -0.3 is 0 Å². The highest BCUT2D eigenvalue weighted by atomic mass is 32.1. The van der Waals surface area contributed by atoms with E-state index in [1.165, 1.54) is 10.3 Å². The average Bonchev–Trinajstić information content (AvgIpc) is 2.80. The topological polar surface area (TPSA) is 12.9 Å². The van der Waals surface area contributed by atoms with Crippen molar-refractivity contribution >= 4 is 21.6 Å². The molecule has 2 heteroatoms. The molecule has 0 atom stereocenters. The smallest absolute Gasteiger partial charge is 0.0907 e. The van der Waals surface area contributed by atoms with Crippen LogP contribution in [0.4, 0.5) is 0 Å². The van der Waals surface area contributed by atoms with Gasteiger partial charge in [0.05, 0.1) is 15.2 Å². The maximum atomic E-state index is 4.33. The van der Waals surface area contributed by atoms with Crippen LogP contribution in [0.5, 0.6) is 0 Å². The Kier molecular flexibility index (Phi) is 4.48. The summed E-state index contributed by atoms with van der Waals surface area (Å²) >= 11 is 1.74. The second-order valence-electron chi connectivity index (χ2n) is 4.04. The molecule has 1 aromatic heterocycles. The molecule has 0 aliphatic rings. The first-order valence-electron chi connectivity index (χ1n) is 6.15. The van der Waals surface area contributed by atoms with Crippen LogP contribution < -0.4 is 0 Å². The standard InChI is InChI=1S/C8H7NS.C8H10/c1-6-9-7-4-2-3-5-8(7)10-6;1-2-8-6-4-3-5-7-8/h2-5H,1H3;3-7H,2H2,1H3. The van der Waals surface area contributed by atoms with Crippen molar-refractivity contribution in [3.8, 4) is 0 Å². The Morgan fingerprint density at radius 1 is 0.944 bits per heavy atom. The van der Waals surface area contributed by atoms with Crippen molar-refractivity contribution in [3.05, 3.63) is 65.2 Å². The van der Waals surface area contributed by atoms with Crippen molar-refractivity contribution in [2.45, 2.75) is 20.3 Å². The van der Waals surface area contributed by atoms with Crippen molar-refractivity contribution in [2.24, 2.45) is 0 Å². The van der Waals surface area contributed by atoms with Gasteiger partial charge in [-0.15, -0.1) is 11.3 Å². The molecule has 0 spiro atoms. The highest BCUT2D eigenvalue weighted by molar-refractivity contribution is 7.18. The lowest BCUT2D eigenvalue weighted by Gasteiger charge is -1.89. The molecule has 0 fully saturated rings. The van der Waals surface area contributed by atoms with Crippen molar-refractivity contribution in [1.29, 1.82) is 0 Å². The zero-order valence-corrected chi connectivity index (χ0v) is 11.6. The summed E-state index contributed by atoms with van der Waals surface area (Å²) in [5, 5.41) is 1.14. The van der Waals surface area contributed by atoms with E-state index in [2.05, 4.69) is 42.2 Å². The van der Waals surface area contributed by atoms with Gasteiger partial charge in [-0.2, -0.15) is 0 Å². The number of aromatic nitrogens is 1. The normalized spacial score (nSPS) is 9.89. The molecule has 1 heterocycles. The molecule has 18 heavy (non-hydrogen) atoms. The molecule has 92 valence electrons. The number of thiazole rings is 1. The molecule has 1 nitrogen and oxygen atoms in total. The molecule has 0 amide bonds. The lowest BCUT2D eigenvalue weighted by Crippen LogP contribution is -1.73. The fourth-order valence-electron chi connectivity index (χ4n) is 1.70. The number of benzene rings is 2. The number of nitrogens with zero attached hydrogens (tertiary/aromatic N) is 1. The summed E-state index contributed by atoms with van der Waals surface area (Å²) in [5.74, 6) is 0. The zero-order valence-electron chi connectivity index (χ0n) is 10.8. The number of fused-ring (bicyclic) bond motifs is 1. The zero-order chi connectivity index (χ0) is 12.8. The lowest BCUT2D eigenvalue weighted by molar-refractivity contribution is 1.14. The van der Waals surface area contributed by atoms with Gasteiger partial charge in [-0.3, -0.25) is 0 Å². The summed E-state index contributed by atoms with van der Waals surface area (Å²) in [6.07, 6.45) is 1.14. The summed E-state index contributed by atoms with van der Waals surface area (Å²) in [6, 6.07) is 18.6. The maximum absolute atomic E-state index is 4.33. The van der Waals surface area contributed by atoms with Gasteiger partial charge in [-0.25, -0.2) is 4.98 Å². The van der Waals surface area contributed by atoms with Gasteiger partial charge >= 0.3 is 0 Å². The predicted octanol–water partition coefficient (Wildman–Crippen LogP) is 4.85. The van der Waals surface area contributed by atoms with Crippen LogP contribution in [-0.4, -0.2) is 4.98 Å². The summed E-state index contributed by atoms with van der Waals surface area (Å²) in [4.78, 5) is 4.33. The van der Waals surface area contributed by atoms with Gasteiger partial charge in [0.2, 0.25) is 0 Å². The lowest BCUT2D eigenvalue weighted by atomic mass is 10.2. The third-order valence-corrected chi connectivity index (χ3v) is 3.60. The van der Waals surface area contributed by atoms with E-state index in [-0.39, 0.29) is 0 Å². The minimum atomic E-state index is 1.12. The third kappa shape index (κ3) is 3.41. The maximum Gasteiger partial charge on any atom is 0.0907 e. The first-order valence-corrected chi connectivity index (χ1v) is 6.97. The van der Waals surface area contributed by atoms with E-state index in [1.807, 2.05) is 31.2 Å². The van der Waals surface area contributed by atoms with Crippen molar-refractivity contribution < 1.29 is 0 Å². The fraction of sp³-hybridized carbons (Fsp3) is 0.188. The summed E-state index contributed by atoms with van der Waals surface area (Å²) in [6.45, 7) is 4.19. The highest BCUT2D eigenvalue weighted by Crippen LogP contribution is 2.19. The van der Waals surface area contributed by atoms with Crippen LogP contribution in [0.15, 0.2) is 54.6 Å². The van der Waals surface area contributed by atoms with Crippen LogP contribution in [0.25, 0.3) is 10.2 Å². The minimum Gasteiger partial charge on any atom is -0.242 e. The summed E-state index contributed by atoms with van der Waals surface area (Å²) in [5.41, 5.74) is 2.53. The Bertz CT molecular complexity index is 566. The molecule has 0 saturated carbocycles. The van der Waals surface area contributed by atoms with E-state index in [0.717, 1.165) is 16.9 Å². The van der Waals surface area contributed by atoms with Crippen LogP contribution in [-0.2, 0) is 6.42 Å². The average molecular weight is 255 g/mol. The SMILES string of the molecule is CCc1ccccc1.Cc1nc2ccccc2s1. The summed E-state index contributed by atoms with van der Waals surface area (Å²) < 4.78 is 1.28. The van der Waals surface area contributed by atoms with Crippen LogP contribution >= 0.6 is 11.3 Å². The minimum absolute atomic E-state index is 1.12. The van der Waals surface area contributed by atoms with E-state index in [9.17, 15) is 0 Å². The van der Waals surface area contributed by atoms with Crippen molar-refractivity contribution in [2.75, 3.05) is 0 Å². The van der Waals surface area contributed by atoms with E-state index < -0.39 is 0 Å². The van der Waals surface area contributed by atoms with Crippen LogP contribution in [0.1, 0.15) is 17.5 Å². The molecule has 0 aliphatic heterocycles. The Morgan fingerprint density at radius 2 is 1.61 bits per heavy atom. The Balaban J connectivity index is 0.000000138. The monoisotopic (exact) mass is 255 g/mol. The first-order chi connectivity index (χ1) is 8.79. The second-order valence-corrected chi connectivity index (χ2v) is 5.27. The molecule has 2 aromatic carbocycles. The molecular weight excluding hydrogens is 238 g/mol. The molecule has 0 radical (unpaired) electrons. The van der Waals surface area contributed by atoms with Gasteiger partial charge in [0, 0.05) is 0 Å². The van der Waals surface area contributed by atoms with Gasteiger partial charge in [0.15, 0.2) is 0 Å². The van der Waals surface area contributed by atoms with Crippen molar-refractivity contribution in [1.82, 2.24) is 4.98 Å².